The molecule has 0 aliphatic carbocycles. The second-order valence-electron chi connectivity index (χ2n) is 3.86. The summed E-state index contributed by atoms with van der Waals surface area (Å²) in [7, 11) is 0. The summed E-state index contributed by atoms with van der Waals surface area (Å²) in [5.74, 6) is 1.64. The summed E-state index contributed by atoms with van der Waals surface area (Å²) in [5, 5.41) is 0.503. The lowest BCUT2D eigenvalue weighted by Crippen LogP contribution is -2.45. The van der Waals surface area contributed by atoms with Gasteiger partial charge in [0.2, 0.25) is 5.91 Å². The number of thioether (sulfide) groups is 1. The molecule has 14 heavy (non-hydrogen) atoms. The van der Waals surface area contributed by atoms with Crippen LogP contribution < -0.4 is 0 Å². The fourth-order valence-corrected chi connectivity index (χ4v) is 3.48. The lowest BCUT2D eigenvalue weighted by molar-refractivity contribution is -0.136. The lowest BCUT2D eigenvalue weighted by atomic mass is 10.1. The van der Waals surface area contributed by atoms with Crippen LogP contribution in [0.15, 0.2) is 0 Å². The van der Waals surface area contributed by atoms with Gasteiger partial charge in [-0.2, -0.15) is 0 Å². The third kappa shape index (κ3) is 2.08. The second-order valence-corrected chi connectivity index (χ2v) is 5.07. The Morgan fingerprint density at radius 2 is 2.00 bits per heavy atom. The van der Waals surface area contributed by atoms with Gasteiger partial charge in [-0.15, -0.1) is 11.8 Å². The van der Waals surface area contributed by atoms with Crippen LogP contribution in [0.2, 0.25) is 0 Å². The third-order valence-corrected chi connectivity index (χ3v) is 4.37. The maximum Gasteiger partial charge on any atom is 0.227 e. The van der Waals surface area contributed by atoms with Crippen molar-refractivity contribution in [2.24, 2.45) is 5.92 Å². The first-order valence-electron chi connectivity index (χ1n) is 5.64. The van der Waals surface area contributed by atoms with E-state index in [-0.39, 0.29) is 7.34 Å². The Kier molecular flexibility index (Phi) is 4.30. The molecule has 0 spiro atoms. The van der Waals surface area contributed by atoms with Crippen LogP contribution >= 0.6 is 11.8 Å². The molecule has 2 saturated heterocycles. The fraction of sp³-hybridized carbons (Fsp3) is 0.909. The number of fused-ring (bicyclic) bond motifs is 1. The number of nitrogens with zero attached hydrogens (tertiary/aromatic N) is 1. The zero-order valence-corrected chi connectivity index (χ0v) is 10.4. The van der Waals surface area contributed by atoms with Crippen LogP contribution in [0.4, 0.5) is 0 Å². The predicted octanol–water partition coefficient (Wildman–Crippen LogP) is 2.98. The highest BCUT2D eigenvalue weighted by molar-refractivity contribution is 8.00. The van der Waals surface area contributed by atoms with E-state index in [9.17, 15) is 4.79 Å². The fourth-order valence-electron chi connectivity index (χ4n) is 2.05. The van der Waals surface area contributed by atoms with E-state index in [2.05, 4.69) is 11.8 Å². The summed E-state index contributed by atoms with van der Waals surface area (Å²) in [6.07, 6.45) is 2.39. The molecule has 84 valence electrons. The van der Waals surface area contributed by atoms with Gasteiger partial charge in [0.05, 0.1) is 5.37 Å². The van der Waals surface area contributed by atoms with Gasteiger partial charge in [-0.05, 0) is 19.8 Å². The SMILES string of the molecule is CC.C[C@@H]1CCC2SC[C@H](C)C(=O)N21.[HH]. The lowest BCUT2D eigenvalue weighted by Gasteiger charge is -2.35. The van der Waals surface area contributed by atoms with Crippen molar-refractivity contribution in [1.82, 2.24) is 4.90 Å². The Morgan fingerprint density at radius 1 is 1.36 bits per heavy atom. The molecule has 0 aromatic heterocycles. The Balaban J connectivity index is 0.000000617. The highest BCUT2D eigenvalue weighted by Gasteiger charge is 2.40. The highest BCUT2D eigenvalue weighted by Crippen LogP contribution is 2.37. The van der Waals surface area contributed by atoms with E-state index in [1.54, 1.807) is 0 Å². The van der Waals surface area contributed by atoms with Crippen molar-refractivity contribution in [3.8, 4) is 0 Å². The number of rotatable bonds is 0. The van der Waals surface area contributed by atoms with E-state index in [0.29, 0.717) is 17.3 Å². The average Bonchev–Trinajstić information content (AvgIpc) is 2.58. The van der Waals surface area contributed by atoms with Crippen molar-refractivity contribution in [3.05, 3.63) is 0 Å². The van der Waals surface area contributed by atoms with Gasteiger partial charge in [0.1, 0.15) is 0 Å². The van der Waals surface area contributed by atoms with Gasteiger partial charge in [-0.25, -0.2) is 0 Å². The molecule has 0 aromatic carbocycles. The van der Waals surface area contributed by atoms with Gasteiger partial charge in [0.25, 0.3) is 0 Å². The maximum absolute atomic E-state index is 11.7. The quantitative estimate of drug-likeness (QED) is 0.622. The number of carbonyl (C=O) groups excluding carboxylic acids is 1. The maximum atomic E-state index is 11.7. The summed E-state index contributed by atoms with van der Waals surface area (Å²) in [6.45, 7) is 8.20. The molecular formula is C11H23NOS. The molecular weight excluding hydrogens is 194 g/mol. The van der Waals surface area contributed by atoms with Crippen LogP contribution in [0.25, 0.3) is 0 Å². The molecule has 0 N–H and O–H groups in total. The minimum Gasteiger partial charge on any atom is -0.328 e. The molecule has 2 rings (SSSR count). The molecule has 0 bridgehead atoms. The predicted molar refractivity (Wildman–Crippen MR) is 64.4 cm³/mol. The van der Waals surface area contributed by atoms with E-state index < -0.39 is 0 Å². The van der Waals surface area contributed by atoms with Crippen molar-refractivity contribution in [3.63, 3.8) is 0 Å². The van der Waals surface area contributed by atoms with Crippen LogP contribution in [-0.4, -0.2) is 28.0 Å². The largest absolute Gasteiger partial charge is 0.328 e. The number of carbonyl (C=O) groups is 1. The molecule has 0 saturated carbocycles. The first kappa shape index (κ1) is 11.9. The molecule has 2 aliphatic heterocycles. The molecule has 3 atom stereocenters. The Bertz CT molecular complexity index is 213. The van der Waals surface area contributed by atoms with Crippen molar-refractivity contribution in [1.29, 1.82) is 0 Å². The van der Waals surface area contributed by atoms with Gasteiger partial charge in [-0.3, -0.25) is 4.79 Å². The van der Waals surface area contributed by atoms with Crippen LogP contribution in [-0.2, 0) is 4.79 Å². The standard InChI is InChI=1S/C9H15NOS.C2H6.H2/c1-6-5-12-8-4-3-7(2)10(8)9(6)11;1-2;/h6-8H,3-5H2,1-2H3;1-2H3;1H/t6-,7+,8?;;/m0../s1. The van der Waals surface area contributed by atoms with Crippen molar-refractivity contribution in [2.75, 3.05) is 5.75 Å². The van der Waals surface area contributed by atoms with Gasteiger partial charge in [-0.1, -0.05) is 20.8 Å². The zero-order valence-electron chi connectivity index (χ0n) is 9.62. The van der Waals surface area contributed by atoms with Crippen molar-refractivity contribution < 1.29 is 6.22 Å². The van der Waals surface area contributed by atoms with Crippen LogP contribution in [0.3, 0.4) is 0 Å². The van der Waals surface area contributed by atoms with Crippen LogP contribution in [0.1, 0.15) is 42.0 Å². The summed E-state index contributed by atoms with van der Waals surface area (Å²) in [5.41, 5.74) is 0. The Hall–Kier alpha value is -0.180. The van der Waals surface area contributed by atoms with Gasteiger partial charge < -0.3 is 4.90 Å². The topological polar surface area (TPSA) is 20.3 Å². The van der Waals surface area contributed by atoms with Gasteiger partial charge in [0, 0.05) is 19.1 Å². The minimum absolute atomic E-state index is 0. The molecule has 1 unspecified atom stereocenters. The number of hydrogen-bond acceptors (Lipinski definition) is 2. The molecule has 0 radical (unpaired) electrons. The third-order valence-electron chi connectivity index (χ3n) is 2.83. The van der Waals surface area contributed by atoms with Crippen LogP contribution in [0.5, 0.6) is 0 Å². The summed E-state index contributed by atoms with van der Waals surface area (Å²) < 4.78 is 0. The minimum atomic E-state index is 0. The van der Waals surface area contributed by atoms with E-state index in [1.807, 2.05) is 32.5 Å². The smallest absolute Gasteiger partial charge is 0.227 e. The van der Waals surface area contributed by atoms with E-state index >= 15 is 0 Å². The summed E-state index contributed by atoms with van der Waals surface area (Å²) in [4.78, 5) is 13.8. The average molecular weight is 217 g/mol. The van der Waals surface area contributed by atoms with Crippen molar-refractivity contribution in [2.45, 2.75) is 52.0 Å². The van der Waals surface area contributed by atoms with Crippen LogP contribution in [0, 0.1) is 5.92 Å². The van der Waals surface area contributed by atoms with E-state index in [0.717, 1.165) is 5.75 Å². The van der Waals surface area contributed by atoms with Gasteiger partial charge in [0.15, 0.2) is 0 Å². The van der Waals surface area contributed by atoms with Crippen molar-refractivity contribution >= 4 is 17.7 Å². The summed E-state index contributed by atoms with van der Waals surface area (Å²) >= 11 is 1.95. The highest BCUT2D eigenvalue weighted by atomic mass is 32.2. The molecule has 0 aromatic rings. The molecule has 2 heterocycles. The molecule has 3 heteroatoms. The Morgan fingerprint density at radius 3 is 2.64 bits per heavy atom. The van der Waals surface area contributed by atoms with Gasteiger partial charge >= 0.3 is 0 Å². The monoisotopic (exact) mass is 217 g/mol. The van der Waals surface area contributed by atoms with E-state index in [4.69, 9.17) is 0 Å². The number of amides is 1. The normalized spacial score (nSPS) is 36.1. The summed E-state index contributed by atoms with van der Waals surface area (Å²) in [6, 6.07) is 0.484. The second kappa shape index (κ2) is 5.06. The van der Waals surface area contributed by atoms with E-state index in [1.165, 1.54) is 12.8 Å². The Labute approximate surface area is 92.9 Å². The first-order chi connectivity index (χ1) is 6.70. The molecule has 1 amide bonds. The molecule has 2 aliphatic rings. The molecule has 2 fully saturated rings. The first-order valence-corrected chi connectivity index (χ1v) is 6.69. The zero-order chi connectivity index (χ0) is 10.7. The number of hydrogen-bond donors (Lipinski definition) is 0. The molecule has 2 nitrogen and oxygen atoms in total.